The van der Waals surface area contributed by atoms with E-state index in [-0.39, 0.29) is 18.5 Å². The molecule has 496 valence electrons. The third-order valence-corrected chi connectivity index (χ3v) is 17.9. The molecule has 0 aromatic rings. The Kier molecular flexibility index (Phi) is 71.9. The van der Waals surface area contributed by atoms with E-state index in [0.29, 0.717) is 19.4 Å². The highest BCUT2D eigenvalue weighted by Crippen LogP contribution is 2.19. The number of aliphatic hydroxyl groups excluding tert-OH is 2. The first kappa shape index (κ1) is 82.1. The lowest BCUT2D eigenvalue weighted by molar-refractivity contribution is -0.143. The zero-order valence-electron chi connectivity index (χ0n) is 56.9. The van der Waals surface area contributed by atoms with Gasteiger partial charge in [-0.2, -0.15) is 0 Å². The number of allylic oxidation sites excluding steroid dienone is 5. The van der Waals surface area contributed by atoms with E-state index in [2.05, 4.69) is 43.5 Å². The van der Waals surface area contributed by atoms with E-state index in [1.54, 1.807) is 6.08 Å². The summed E-state index contributed by atoms with van der Waals surface area (Å²) in [6.07, 6.45) is 95.3. The number of hydrogen-bond donors (Lipinski definition) is 3. The van der Waals surface area contributed by atoms with Crippen molar-refractivity contribution in [3.8, 4) is 0 Å². The van der Waals surface area contributed by atoms with Gasteiger partial charge in [0.25, 0.3) is 0 Å². The van der Waals surface area contributed by atoms with E-state index in [0.717, 1.165) is 44.9 Å². The highest BCUT2D eigenvalue weighted by atomic mass is 16.5. The van der Waals surface area contributed by atoms with Crippen molar-refractivity contribution in [3.63, 3.8) is 0 Å². The Morgan fingerprint density at radius 3 is 0.905 bits per heavy atom. The van der Waals surface area contributed by atoms with Gasteiger partial charge in [0, 0.05) is 12.8 Å². The van der Waals surface area contributed by atoms with Crippen LogP contribution in [0.4, 0.5) is 0 Å². The van der Waals surface area contributed by atoms with E-state index in [4.69, 9.17) is 4.74 Å². The molecule has 6 heteroatoms. The topological polar surface area (TPSA) is 95.9 Å². The number of amides is 1. The first-order valence-electron chi connectivity index (χ1n) is 38.3. The molecule has 0 spiro atoms. The normalized spacial score (nSPS) is 12.7. The molecular weight excluding hydrogens is 1030 g/mol. The summed E-state index contributed by atoms with van der Waals surface area (Å²) in [4.78, 5) is 24.6. The molecule has 84 heavy (non-hydrogen) atoms. The van der Waals surface area contributed by atoms with Crippen LogP contribution in [0.1, 0.15) is 425 Å². The molecule has 0 aliphatic rings. The van der Waals surface area contributed by atoms with E-state index >= 15 is 0 Å². The molecule has 0 bridgehead atoms. The molecule has 0 heterocycles. The molecule has 0 radical (unpaired) electrons. The van der Waals surface area contributed by atoms with Gasteiger partial charge in [0.15, 0.2) is 0 Å². The number of rotatable bonds is 72. The van der Waals surface area contributed by atoms with Gasteiger partial charge in [-0.25, -0.2) is 0 Å². The monoisotopic (exact) mass is 1180 g/mol. The number of ether oxygens (including phenoxy) is 1. The summed E-state index contributed by atoms with van der Waals surface area (Å²) in [5.74, 6) is -0.0504. The second kappa shape index (κ2) is 73.5. The van der Waals surface area contributed by atoms with Gasteiger partial charge in [-0.3, -0.25) is 9.59 Å². The highest BCUT2D eigenvalue weighted by molar-refractivity contribution is 5.76. The molecule has 6 nitrogen and oxygen atoms in total. The van der Waals surface area contributed by atoms with Crippen molar-refractivity contribution >= 4 is 11.9 Å². The summed E-state index contributed by atoms with van der Waals surface area (Å²) in [5.41, 5.74) is 0. The standard InChI is InChI=1S/C78H149NO5/c1-3-5-7-9-11-13-15-17-18-19-20-21-22-28-31-34-37-40-43-47-50-54-58-62-66-70-76(81)75(74-80)79-77(82)71-67-63-59-55-51-48-44-41-38-35-32-29-26-24-23-25-27-30-33-36-39-42-45-49-53-57-61-65-69-73-84-78(83)72-68-64-60-56-52-46-16-14-12-10-8-6-4-2/h23,25,30,33,66,70,75-76,80-81H,3-22,24,26-29,31-32,34-65,67-69,71-74H2,1-2H3,(H,79,82)/b25-23-,33-30-,70-66+. The molecule has 0 aromatic carbocycles. The molecular formula is C78H149NO5. The van der Waals surface area contributed by atoms with E-state index in [1.165, 1.54) is 353 Å². The molecule has 3 N–H and O–H groups in total. The van der Waals surface area contributed by atoms with Gasteiger partial charge in [0.1, 0.15) is 0 Å². The summed E-state index contributed by atoms with van der Waals surface area (Å²) in [6, 6.07) is -0.631. The Morgan fingerprint density at radius 1 is 0.333 bits per heavy atom. The number of aliphatic hydroxyl groups is 2. The maximum atomic E-state index is 12.5. The molecule has 0 aliphatic carbocycles. The Morgan fingerprint density at radius 2 is 0.595 bits per heavy atom. The second-order valence-corrected chi connectivity index (χ2v) is 26.3. The molecule has 2 unspecified atom stereocenters. The summed E-state index contributed by atoms with van der Waals surface area (Å²) >= 11 is 0. The summed E-state index contributed by atoms with van der Waals surface area (Å²) in [6.45, 7) is 4.94. The van der Waals surface area contributed by atoms with Crippen LogP contribution in [0.15, 0.2) is 36.5 Å². The fourth-order valence-electron chi connectivity index (χ4n) is 12.1. The molecule has 0 saturated heterocycles. The number of unbranched alkanes of at least 4 members (excludes halogenated alkanes) is 57. The van der Waals surface area contributed by atoms with Crippen molar-refractivity contribution in [3.05, 3.63) is 36.5 Å². The largest absolute Gasteiger partial charge is 0.466 e. The van der Waals surface area contributed by atoms with Crippen molar-refractivity contribution in [2.75, 3.05) is 13.2 Å². The number of nitrogens with one attached hydrogen (secondary N) is 1. The van der Waals surface area contributed by atoms with Crippen LogP contribution in [0, 0.1) is 0 Å². The van der Waals surface area contributed by atoms with Gasteiger partial charge in [0.05, 0.1) is 25.4 Å². The maximum absolute atomic E-state index is 12.5. The lowest BCUT2D eigenvalue weighted by atomic mass is 10.0. The van der Waals surface area contributed by atoms with Gasteiger partial charge < -0.3 is 20.3 Å². The van der Waals surface area contributed by atoms with Gasteiger partial charge in [0.2, 0.25) is 5.91 Å². The Labute approximate surface area is 525 Å². The summed E-state index contributed by atoms with van der Waals surface area (Å²) in [7, 11) is 0. The first-order chi connectivity index (χ1) is 41.5. The second-order valence-electron chi connectivity index (χ2n) is 26.3. The van der Waals surface area contributed by atoms with Crippen LogP contribution in [-0.4, -0.2) is 47.4 Å². The van der Waals surface area contributed by atoms with E-state index < -0.39 is 12.1 Å². The molecule has 0 aliphatic heterocycles. The zero-order valence-corrected chi connectivity index (χ0v) is 56.9. The van der Waals surface area contributed by atoms with Gasteiger partial charge in [-0.05, 0) is 64.2 Å². The average molecular weight is 1180 g/mol. The first-order valence-corrected chi connectivity index (χ1v) is 38.3. The summed E-state index contributed by atoms with van der Waals surface area (Å²) in [5, 5.41) is 23.3. The number of carbonyl (C=O) groups is 2. The Hall–Kier alpha value is -1.92. The minimum atomic E-state index is -0.847. The van der Waals surface area contributed by atoms with Crippen LogP contribution in [0.25, 0.3) is 0 Å². The highest BCUT2D eigenvalue weighted by Gasteiger charge is 2.18. The Balaban J connectivity index is 3.43. The zero-order chi connectivity index (χ0) is 60.6. The van der Waals surface area contributed by atoms with Gasteiger partial charge >= 0.3 is 5.97 Å². The van der Waals surface area contributed by atoms with Gasteiger partial charge in [-0.1, -0.05) is 384 Å². The predicted octanol–water partition coefficient (Wildman–Crippen LogP) is 25.0. The molecule has 1 amide bonds. The lowest BCUT2D eigenvalue weighted by Gasteiger charge is -2.20. The van der Waals surface area contributed by atoms with Crippen molar-refractivity contribution in [2.45, 2.75) is 437 Å². The average Bonchev–Trinajstić information content (AvgIpc) is 3.51. The maximum Gasteiger partial charge on any atom is 0.305 e. The van der Waals surface area contributed by atoms with Crippen LogP contribution in [0.5, 0.6) is 0 Å². The predicted molar refractivity (Wildman–Crippen MR) is 370 cm³/mol. The van der Waals surface area contributed by atoms with Crippen LogP contribution in [0.3, 0.4) is 0 Å². The fourth-order valence-corrected chi connectivity index (χ4v) is 12.1. The SMILES string of the molecule is CCCCCCCCCCCCCCCCCCCCCCCCC/C=C/C(O)C(CO)NC(=O)CCCCCCCCCCCCCCC/C=C\C/C=C\CCCCCCCCCCCOC(=O)CCCCCCCCCCCCCCC. The number of hydrogen-bond acceptors (Lipinski definition) is 5. The molecule has 0 aromatic heterocycles. The molecule has 2 atom stereocenters. The van der Waals surface area contributed by atoms with Crippen molar-refractivity contribution in [2.24, 2.45) is 0 Å². The van der Waals surface area contributed by atoms with Crippen molar-refractivity contribution in [1.29, 1.82) is 0 Å². The lowest BCUT2D eigenvalue weighted by Crippen LogP contribution is -2.45. The molecule has 0 rings (SSSR count). The third-order valence-electron chi connectivity index (χ3n) is 17.9. The number of carbonyl (C=O) groups excluding carboxylic acids is 2. The summed E-state index contributed by atoms with van der Waals surface area (Å²) < 4.78 is 5.49. The van der Waals surface area contributed by atoms with Crippen LogP contribution < -0.4 is 5.32 Å². The van der Waals surface area contributed by atoms with Crippen molar-refractivity contribution in [1.82, 2.24) is 5.32 Å². The fraction of sp³-hybridized carbons (Fsp3) is 0.897. The van der Waals surface area contributed by atoms with Gasteiger partial charge in [-0.15, -0.1) is 0 Å². The van der Waals surface area contributed by atoms with Crippen LogP contribution >= 0.6 is 0 Å². The molecule has 0 saturated carbocycles. The smallest absolute Gasteiger partial charge is 0.305 e. The Bertz CT molecular complexity index is 1360. The number of esters is 1. The molecule has 0 fully saturated rings. The quantitative estimate of drug-likeness (QED) is 0.0320. The van der Waals surface area contributed by atoms with Crippen LogP contribution in [-0.2, 0) is 14.3 Å². The third kappa shape index (κ3) is 69.2. The minimum absolute atomic E-state index is 0.0139. The van der Waals surface area contributed by atoms with E-state index in [9.17, 15) is 19.8 Å². The van der Waals surface area contributed by atoms with E-state index in [1.807, 2.05) is 6.08 Å². The van der Waals surface area contributed by atoms with Crippen LogP contribution in [0.2, 0.25) is 0 Å². The van der Waals surface area contributed by atoms with Crippen molar-refractivity contribution < 1.29 is 24.5 Å². The minimum Gasteiger partial charge on any atom is -0.466 e.